The molecule has 1 aromatic carbocycles. The Balaban J connectivity index is 1.62. The second kappa shape index (κ2) is 6.89. The number of aromatic hydroxyl groups is 1. The first kappa shape index (κ1) is 17.3. The van der Waals surface area contributed by atoms with Gasteiger partial charge in [-0.25, -0.2) is 0 Å². The molecule has 2 aliphatic heterocycles. The maximum absolute atomic E-state index is 13.0. The molecule has 0 spiro atoms. The minimum absolute atomic E-state index is 0.0998. The number of fused-ring (bicyclic) bond motifs is 3. The van der Waals surface area contributed by atoms with Gasteiger partial charge in [-0.1, -0.05) is 19.1 Å². The highest BCUT2D eigenvalue weighted by Gasteiger charge is 2.33. The Morgan fingerprint density at radius 2 is 2.15 bits per heavy atom. The summed E-state index contributed by atoms with van der Waals surface area (Å²) in [6.45, 7) is 5.49. The molecule has 4 rings (SSSR count). The second-order valence-electron chi connectivity index (χ2n) is 7.46. The van der Waals surface area contributed by atoms with Crippen molar-refractivity contribution in [2.24, 2.45) is 0 Å². The molecule has 0 saturated carbocycles. The fraction of sp³-hybridized carbons (Fsp3) is 0.579. The zero-order valence-electron chi connectivity index (χ0n) is 15.2. The van der Waals surface area contributed by atoms with Gasteiger partial charge in [0.2, 0.25) is 0 Å². The van der Waals surface area contributed by atoms with E-state index in [2.05, 4.69) is 22.7 Å². The topological polar surface area (TPSA) is 88.4 Å². The summed E-state index contributed by atoms with van der Waals surface area (Å²) in [6, 6.07) is 6.05. The number of benzene rings is 1. The standard InChI is InChI=1S/C19H26N4O3/c1-3-11(2)23-18-15(5-4-6-16(18)24)17(22-23)19(25)21-12-7-13-9-26-10-14(8-12)20-13/h4-6,11-14,20,24H,3,7-10H2,1-2H3,(H,21,25). The molecule has 3 heterocycles. The lowest BCUT2D eigenvalue weighted by Gasteiger charge is -2.40. The van der Waals surface area contributed by atoms with Gasteiger partial charge in [-0.05, 0) is 32.3 Å². The molecule has 26 heavy (non-hydrogen) atoms. The zero-order chi connectivity index (χ0) is 18.3. The molecule has 1 amide bonds. The van der Waals surface area contributed by atoms with E-state index in [0.29, 0.717) is 41.9 Å². The summed E-state index contributed by atoms with van der Waals surface area (Å²) in [7, 11) is 0. The van der Waals surface area contributed by atoms with E-state index >= 15 is 0 Å². The normalized spacial score (nSPS) is 26.6. The molecule has 3 N–H and O–H groups in total. The number of phenols is 1. The van der Waals surface area contributed by atoms with Crippen molar-refractivity contribution in [1.29, 1.82) is 0 Å². The molecule has 2 saturated heterocycles. The average molecular weight is 358 g/mol. The van der Waals surface area contributed by atoms with Gasteiger partial charge in [0.1, 0.15) is 11.3 Å². The molecular weight excluding hydrogens is 332 g/mol. The van der Waals surface area contributed by atoms with Gasteiger partial charge < -0.3 is 20.5 Å². The van der Waals surface area contributed by atoms with E-state index in [-0.39, 0.29) is 23.7 Å². The number of carbonyl (C=O) groups is 1. The van der Waals surface area contributed by atoms with Crippen LogP contribution < -0.4 is 10.6 Å². The molecule has 2 aliphatic rings. The Morgan fingerprint density at radius 3 is 2.85 bits per heavy atom. The molecule has 140 valence electrons. The Labute approximate surface area is 152 Å². The van der Waals surface area contributed by atoms with E-state index in [1.165, 1.54) is 0 Å². The number of piperidine rings is 1. The van der Waals surface area contributed by atoms with Crippen LogP contribution in [0.4, 0.5) is 0 Å². The first-order valence-corrected chi connectivity index (χ1v) is 9.41. The molecular formula is C19H26N4O3. The number of carbonyl (C=O) groups excluding carboxylic acids is 1. The van der Waals surface area contributed by atoms with E-state index < -0.39 is 0 Å². The van der Waals surface area contributed by atoms with E-state index in [0.717, 1.165) is 19.3 Å². The molecule has 3 atom stereocenters. The van der Waals surface area contributed by atoms with Crippen LogP contribution in [0.2, 0.25) is 0 Å². The third kappa shape index (κ3) is 3.05. The third-order valence-electron chi connectivity index (χ3n) is 5.51. The molecule has 0 radical (unpaired) electrons. The van der Waals surface area contributed by atoms with Crippen LogP contribution in [0.3, 0.4) is 0 Å². The summed E-state index contributed by atoms with van der Waals surface area (Å²) in [5.74, 6) is -0.0172. The Bertz CT molecular complexity index is 806. The first-order valence-electron chi connectivity index (χ1n) is 9.41. The number of amides is 1. The van der Waals surface area contributed by atoms with E-state index in [9.17, 15) is 9.90 Å². The molecule has 7 heteroatoms. The van der Waals surface area contributed by atoms with Crippen molar-refractivity contribution in [1.82, 2.24) is 20.4 Å². The molecule has 1 aromatic heterocycles. The van der Waals surface area contributed by atoms with Crippen LogP contribution in [-0.2, 0) is 4.74 Å². The summed E-state index contributed by atoms with van der Waals surface area (Å²) in [5.41, 5.74) is 1.01. The largest absolute Gasteiger partial charge is 0.506 e. The van der Waals surface area contributed by atoms with E-state index in [1.807, 2.05) is 13.0 Å². The maximum atomic E-state index is 13.0. The molecule has 2 bridgehead atoms. The summed E-state index contributed by atoms with van der Waals surface area (Å²) in [6.07, 6.45) is 2.58. The summed E-state index contributed by atoms with van der Waals surface area (Å²) < 4.78 is 7.34. The van der Waals surface area contributed by atoms with Gasteiger partial charge in [0, 0.05) is 29.6 Å². The van der Waals surface area contributed by atoms with Crippen LogP contribution in [0.5, 0.6) is 5.75 Å². The summed E-state index contributed by atoms with van der Waals surface area (Å²) in [5, 5.41) is 22.2. The monoisotopic (exact) mass is 358 g/mol. The van der Waals surface area contributed by atoms with E-state index in [1.54, 1.807) is 16.8 Å². The van der Waals surface area contributed by atoms with Gasteiger partial charge in [-0.2, -0.15) is 5.10 Å². The van der Waals surface area contributed by atoms with Crippen LogP contribution in [0.1, 0.15) is 49.6 Å². The fourth-order valence-electron chi connectivity index (χ4n) is 4.04. The number of phenolic OH excluding ortho intramolecular Hbond substituents is 1. The highest BCUT2D eigenvalue weighted by atomic mass is 16.5. The summed E-state index contributed by atoms with van der Waals surface area (Å²) >= 11 is 0. The van der Waals surface area contributed by atoms with Gasteiger partial charge in [0.15, 0.2) is 5.69 Å². The molecule has 7 nitrogen and oxygen atoms in total. The number of hydrogen-bond donors (Lipinski definition) is 3. The highest BCUT2D eigenvalue weighted by molar-refractivity contribution is 6.06. The zero-order valence-corrected chi connectivity index (χ0v) is 15.2. The molecule has 0 aliphatic carbocycles. The Hall–Kier alpha value is -2.12. The van der Waals surface area contributed by atoms with Crippen LogP contribution >= 0.6 is 0 Å². The lowest BCUT2D eigenvalue weighted by Crippen LogP contribution is -2.58. The molecule has 2 fully saturated rings. The number of morpholine rings is 1. The van der Waals surface area contributed by atoms with Crippen molar-refractivity contribution < 1.29 is 14.6 Å². The van der Waals surface area contributed by atoms with Crippen LogP contribution in [0, 0.1) is 0 Å². The van der Waals surface area contributed by atoms with Gasteiger partial charge in [-0.15, -0.1) is 0 Å². The van der Waals surface area contributed by atoms with E-state index in [4.69, 9.17) is 4.74 Å². The predicted molar refractivity (Wildman–Crippen MR) is 98.4 cm³/mol. The number of nitrogens with one attached hydrogen (secondary N) is 2. The van der Waals surface area contributed by atoms with Crippen LogP contribution in [0.25, 0.3) is 10.9 Å². The Morgan fingerprint density at radius 1 is 1.42 bits per heavy atom. The quantitative estimate of drug-likeness (QED) is 0.778. The highest BCUT2D eigenvalue weighted by Crippen LogP contribution is 2.30. The van der Waals surface area contributed by atoms with Crippen LogP contribution in [-0.4, -0.2) is 52.1 Å². The lowest BCUT2D eigenvalue weighted by molar-refractivity contribution is 0.0148. The minimum Gasteiger partial charge on any atom is -0.506 e. The van der Waals surface area contributed by atoms with Gasteiger partial charge in [0.05, 0.1) is 13.2 Å². The SMILES string of the molecule is CCC(C)n1nc(C(=O)NC2CC3COCC(C2)N3)c2cccc(O)c21. The van der Waals surface area contributed by atoms with Crippen molar-refractivity contribution in [3.05, 3.63) is 23.9 Å². The lowest BCUT2D eigenvalue weighted by atomic mass is 9.92. The van der Waals surface area contributed by atoms with Crippen LogP contribution in [0.15, 0.2) is 18.2 Å². The number of nitrogens with zero attached hydrogens (tertiary/aromatic N) is 2. The first-order chi connectivity index (χ1) is 12.6. The molecule has 3 unspecified atom stereocenters. The third-order valence-corrected chi connectivity index (χ3v) is 5.51. The number of aromatic nitrogens is 2. The smallest absolute Gasteiger partial charge is 0.272 e. The van der Waals surface area contributed by atoms with Crippen molar-refractivity contribution in [3.63, 3.8) is 0 Å². The van der Waals surface area contributed by atoms with Gasteiger partial charge >= 0.3 is 0 Å². The number of rotatable bonds is 4. The fourth-order valence-corrected chi connectivity index (χ4v) is 4.04. The Kier molecular flexibility index (Phi) is 4.58. The number of ether oxygens (including phenoxy) is 1. The minimum atomic E-state index is -0.173. The van der Waals surface area contributed by atoms with Crippen molar-refractivity contribution >= 4 is 16.8 Å². The molecule has 2 aromatic rings. The predicted octanol–water partition coefficient (Wildman–Crippen LogP) is 1.96. The van der Waals surface area contributed by atoms with Crippen molar-refractivity contribution in [3.8, 4) is 5.75 Å². The second-order valence-corrected chi connectivity index (χ2v) is 7.46. The maximum Gasteiger partial charge on any atom is 0.272 e. The average Bonchev–Trinajstić information content (AvgIpc) is 3.02. The van der Waals surface area contributed by atoms with Crippen molar-refractivity contribution in [2.75, 3.05) is 13.2 Å². The number of hydrogen-bond acceptors (Lipinski definition) is 5. The number of para-hydroxylation sites is 1. The van der Waals surface area contributed by atoms with Crippen molar-refractivity contribution in [2.45, 2.75) is 57.3 Å². The van der Waals surface area contributed by atoms with Gasteiger partial charge in [0.25, 0.3) is 5.91 Å². The van der Waals surface area contributed by atoms with Gasteiger partial charge in [-0.3, -0.25) is 9.48 Å². The summed E-state index contributed by atoms with van der Waals surface area (Å²) in [4.78, 5) is 13.0.